The Kier molecular flexibility index (Phi) is 12.1. The largest absolute Gasteiger partial charge is 0.348 e. The van der Waals surface area contributed by atoms with Crippen molar-refractivity contribution in [2.45, 2.75) is 108 Å². The molecule has 0 atom stereocenters. The third-order valence-electron chi connectivity index (χ3n) is 12.8. The number of carbonyl (C=O) groups is 3. The molecule has 3 amide bonds. The lowest BCUT2D eigenvalue weighted by Crippen LogP contribution is -2.37. The van der Waals surface area contributed by atoms with Gasteiger partial charge in [0, 0.05) is 37.4 Å². The number of imidazole rings is 3. The number of hydrogen-bond donors (Lipinski definition) is 6. The van der Waals surface area contributed by atoms with Gasteiger partial charge in [-0.3, -0.25) is 29.4 Å². The minimum atomic E-state index is -0.0846. The number of amides is 3. The Morgan fingerprint density at radius 2 is 0.723 bits per heavy atom. The van der Waals surface area contributed by atoms with E-state index in [2.05, 4.69) is 79.0 Å². The number of nitrogens with one attached hydrogen (secondary N) is 6. The fourth-order valence-corrected chi connectivity index (χ4v) is 9.19. The lowest BCUT2D eigenvalue weighted by molar-refractivity contribution is 0.0918. The van der Waals surface area contributed by atoms with Gasteiger partial charge in [-0.25, -0.2) is 15.0 Å². The molecule has 0 radical (unpaired) electrons. The van der Waals surface area contributed by atoms with E-state index >= 15 is 0 Å². The normalized spacial score (nSPS) is 17.3. The standard InChI is InChI=1S/C18H20N4O.C17H18N4O.C15H14N4O/c23-18(21-13-7-2-1-3-8-13)17-16(19-11-20-17)15-10-12-6-4-5-9-14(12)22-15;22-17(20-12-6-2-3-7-12)16-15(18-10-19-16)14-9-11-5-1-4-8-13(11)21-14;20-15(18-10-5-6-10)14-13(16-8-17-14)12-7-9-3-1-2-4-11(9)19-12/h4-6,9,11,13H,1-3,7-8,10H2,(H,19,20)(H,21,23);1,4-5,8,10,12H,2-3,6-7,9H2,(H,18,19)(H,20,22);1-4,8,10H,5-7H2,(H,16,17)(H,18,20). The van der Waals surface area contributed by atoms with Crippen LogP contribution in [0.5, 0.6) is 0 Å². The van der Waals surface area contributed by atoms with Gasteiger partial charge >= 0.3 is 0 Å². The molecule has 3 aromatic carbocycles. The maximum Gasteiger partial charge on any atom is 0.270 e. The molecule has 6 heterocycles. The van der Waals surface area contributed by atoms with Gasteiger partial charge in [-0.2, -0.15) is 0 Å². The molecule has 3 aromatic heterocycles. The number of aliphatic imine (C=N–C) groups is 3. The summed E-state index contributed by atoms with van der Waals surface area (Å²) in [7, 11) is 0. The van der Waals surface area contributed by atoms with Gasteiger partial charge < -0.3 is 30.9 Å². The second-order valence-corrected chi connectivity index (χ2v) is 17.5. The molecule has 3 saturated carbocycles. The Morgan fingerprint density at radius 3 is 1.05 bits per heavy atom. The van der Waals surface area contributed by atoms with Crippen molar-refractivity contribution in [1.29, 1.82) is 0 Å². The van der Waals surface area contributed by atoms with Crippen molar-refractivity contribution >= 4 is 51.9 Å². The van der Waals surface area contributed by atoms with Crippen LogP contribution in [-0.2, 0) is 19.3 Å². The molecule has 3 aliphatic carbocycles. The van der Waals surface area contributed by atoms with E-state index in [1.54, 1.807) is 19.0 Å². The van der Waals surface area contributed by atoms with Crippen LogP contribution in [-0.4, -0.2) is 82.9 Å². The predicted molar refractivity (Wildman–Crippen MR) is 249 cm³/mol. The molecule has 3 aliphatic heterocycles. The Bertz CT molecular complexity index is 2810. The van der Waals surface area contributed by atoms with Gasteiger partial charge in [-0.15, -0.1) is 0 Å². The number of benzene rings is 3. The Hall–Kier alpha value is -7.29. The van der Waals surface area contributed by atoms with Gasteiger partial charge in [0.1, 0.15) is 34.2 Å². The van der Waals surface area contributed by atoms with Crippen LogP contribution in [0.4, 0.5) is 17.1 Å². The van der Waals surface area contributed by atoms with Crippen molar-refractivity contribution in [3.05, 3.63) is 143 Å². The highest BCUT2D eigenvalue weighted by Crippen LogP contribution is 2.31. The first-order valence-electron chi connectivity index (χ1n) is 22.9. The third-order valence-corrected chi connectivity index (χ3v) is 12.8. The minimum absolute atomic E-state index is 0.0666. The molecule has 6 N–H and O–H groups in total. The first kappa shape index (κ1) is 41.7. The zero-order chi connectivity index (χ0) is 44.1. The summed E-state index contributed by atoms with van der Waals surface area (Å²) in [6.45, 7) is 0. The van der Waals surface area contributed by atoms with E-state index in [0.29, 0.717) is 46.2 Å². The summed E-state index contributed by atoms with van der Waals surface area (Å²) >= 11 is 0. The molecule has 0 unspecified atom stereocenters. The van der Waals surface area contributed by atoms with Crippen molar-refractivity contribution in [3.63, 3.8) is 0 Å². The number of hydrogen-bond acceptors (Lipinski definition) is 9. The van der Waals surface area contributed by atoms with Crippen LogP contribution >= 0.6 is 0 Å². The zero-order valence-corrected chi connectivity index (χ0v) is 36.2. The summed E-state index contributed by atoms with van der Waals surface area (Å²) in [5.74, 6) is -0.222. The second kappa shape index (κ2) is 18.8. The molecular weight excluding hydrogens is 817 g/mol. The Morgan fingerprint density at radius 1 is 0.415 bits per heavy atom. The number of aromatic nitrogens is 6. The van der Waals surface area contributed by atoms with Gasteiger partial charge in [0.15, 0.2) is 0 Å². The highest BCUT2D eigenvalue weighted by molar-refractivity contribution is 6.13. The number of para-hydroxylation sites is 3. The topological polar surface area (TPSA) is 210 Å². The molecule has 6 aliphatic rings. The van der Waals surface area contributed by atoms with Crippen molar-refractivity contribution in [1.82, 2.24) is 45.9 Å². The van der Waals surface area contributed by atoms with Crippen LogP contribution < -0.4 is 16.0 Å². The van der Waals surface area contributed by atoms with Gasteiger partial charge in [-0.1, -0.05) is 86.7 Å². The number of nitrogens with zero attached hydrogens (tertiary/aromatic N) is 6. The monoisotopic (exact) mass is 868 g/mol. The maximum absolute atomic E-state index is 12.6. The van der Waals surface area contributed by atoms with Crippen LogP contribution in [0.25, 0.3) is 0 Å². The molecule has 65 heavy (non-hydrogen) atoms. The molecule has 12 rings (SSSR count). The average molecular weight is 869 g/mol. The van der Waals surface area contributed by atoms with Gasteiger partial charge in [-0.05, 0) is 73.4 Å². The lowest BCUT2D eigenvalue weighted by atomic mass is 9.95. The number of carbonyl (C=O) groups excluding carboxylic acids is 3. The van der Waals surface area contributed by atoms with Gasteiger partial charge in [0.25, 0.3) is 17.7 Å². The SMILES string of the molecule is O=C(NC1CC1)c1[nH]cnc1C1=Nc2ccccc2C1.O=C(NC1CCCC1)c1[nH]cnc1C1=Nc2ccccc2C1.O=C(NC1CCCCC1)c1[nH]cnc1C1=Nc2ccccc2C1. The quantitative estimate of drug-likeness (QED) is 0.0851. The highest BCUT2D eigenvalue weighted by atomic mass is 16.2. The van der Waals surface area contributed by atoms with Gasteiger partial charge in [0.2, 0.25) is 0 Å². The van der Waals surface area contributed by atoms with Crippen LogP contribution in [0.1, 0.15) is 136 Å². The maximum atomic E-state index is 12.6. The van der Waals surface area contributed by atoms with E-state index in [1.165, 1.54) is 48.8 Å². The van der Waals surface area contributed by atoms with E-state index < -0.39 is 0 Å². The molecule has 3 fully saturated rings. The zero-order valence-electron chi connectivity index (χ0n) is 36.2. The van der Waals surface area contributed by atoms with Crippen LogP contribution in [0, 0.1) is 0 Å². The van der Waals surface area contributed by atoms with E-state index in [9.17, 15) is 14.4 Å². The van der Waals surface area contributed by atoms with Crippen LogP contribution in [0.2, 0.25) is 0 Å². The number of fused-ring (bicyclic) bond motifs is 3. The van der Waals surface area contributed by atoms with Crippen LogP contribution in [0.15, 0.2) is 107 Å². The number of rotatable bonds is 9. The fourth-order valence-electron chi connectivity index (χ4n) is 9.19. The first-order chi connectivity index (χ1) is 31.9. The average Bonchev–Trinajstić information content (AvgIpc) is 4.12. The summed E-state index contributed by atoms with van der Waals surface area (Å²) in [4.78, 5) is 73.0. The molecule has 0 saturated heterocycles. The lowest BCUT2D eigenvalue weighted by Gasteiger charge is -2.22. The highest BCUT2D eigenvalue weighted by Gasteiger charge is 2.30. The first-order valence-corrected chi connectivity index (χ1v) is 22.9. The van der Waals surface area contributed by atoms with E-state index in [4.69, 9.17) is 0 Å². The predicted octanol–water partition coefficient (Wildman–Crippen LogP) is 7.89. The van der Waals surface area contributed by atoms with E-state index in [1.807, 2.05) is 54.6 Å². The molecule has 15 nitrogen and oxygen atoms in total. The molecule has 6 aromatic rings. The number of aromatic amines is 3. The second-order valence-electron chi connectivity index (χ2n) is 17.5. The fraction of sp³-hybridized carbons (Fsp3) is 0.340. The van der Waals surface area contributed by atoms with Crippen LogP contribution in [0.3, 0.4) is 0 Å². The molecule has 15 heteroatoms. The Labute approximate surface area is 376 Å². The molecular formula is C50H52N12O3. The molecule has 0 spiro atoms. The Balaban J connectivity index is 0.000000115. The smallest absolute Gasteiger partial charge is 0.270 e. The van der Waals surface area contributed by atoms with Crippen molar-refractivity contribution in [2.75, 3.05) is 0 Å². The summed E-state index contributed by atoms with van der Waals surface area (Å²) in [6, 6.07) is 25.0. The summed E-state index contributed by atoms with van der Waals surface area (Å²) in [6.07, 6.45) is 19.4. The third kappa shape index (κ3) is 9.49. The molecule has 330 valence electrons. The molecule has 0 bridgehead atoms. The summed E-state index contributed by atoms with van der Waals surface area (Å²) < 4.78 is 0. The minimum Gasteiger partial charge on any atom is -0.348 e. The summed E-state index contributed by atoms with van der Waals surface area (Å²) in [5.41, 5.74) is 12.6. The number of H-pyrrole nitrogens is 3. The van der Waals surface area contributed by atoms with E-state index in [-0.39, 0.29) is 23.8 Å². The van der Waals surface area contributed by atoms with Crippen molar-refractivity contribution in [2.24, 2.45) is 15.0 Å². The van der Waals surface area contributed by atoms with Crippen molar-refractivity contribution < 1.29 is 14.4 Å². The van der Waals surface area contributed by atoms with E-state index in [0.717, 1.165) is 92.0 Å². The summed E-state index contributed by atoms with van der Waals surface area (Å²) in [5, 5.41) is 9.22. The van der Waals surface area contributed by atoms with Gasteiger partial charge in [0.05, 0.1) is 53.2 Å². The van der Waals surface area contributed by atoms with Crippen molar-refractivity contribution in [3.8, 4) is 0 Å².